The number of carbonyl (C=O) groups excluding carboxylic acids is 1. The molecule has 0 unspecified atom stereocenters. The molecule has 0 saturated carbocycles. The molecular formula is C20H22N4O. The molecule has 5 nitrogen and oxygen atoms in total. The Labute approximate surface area is 147 Å². The summed E-state index contributed by atoms with van der Waals surface area (Å²) < 4.78 is 1.64. The monoisotopic (exact) mass is 334 g/mol. The summed E-state index contributed by atoms with van der Waals surface area (Å²) >= 11 is 0. The van der Waals surface area contributed by atoms with Crippen LogP contribution >= 0.6 is 0 Å². The van der Waals surface area contributed by atoms with Crippen LogP contribution in [0.2, 0.25) is 0 Å². The van der Waals surface area contributed by atoms with Crippen molar-refractivity contribution in [2.75, 3.05) is 26.2 Å². The van der Waals surface area contributed by atoms with E-state index >= 15 is 0 Å². The maximum atomic E-state index is 12.6. The van der Waals surface area contributed by atoms with Crippen LogP contribution in [-0.2, 0) is 13.6 Å². The fourth-order valence-electron chi connectivity index (χ4n) is 3.53. The molecule has 0 aliphatic carbocycles. The Morgan fingerprint density at radius 1 is 1.00 bits per heavy atom. The third-order valence-electron chi connectivity index (χ3n) is 4.97. The van der Waals surface area contributed by atoms with Gasteiger partial charge in [0.25, 0.3) is 5.91 Å². The van der Waals surface area contributed by atoms with Crippen molar-refractivity contribution in [3.8, 4) is 0 Å². The molecule has 4 rings (SSSR count). The number of amides is 1. The van der Waals surface area contributed by atoms with E-state index in [4.69, 9.17) is 0 Å². The van der Waals surface area contributed by atoms with E-state index in [-0.39, 0.29) is 5.91 Å². The number of aryl methyl sites for hydroxylation is 1. The van der Waals surface area contributed by atoms with Crippen molar-refractivity contribution < 1.29 is 4.79 Å². The average Bonchev–Trinajstić information content (AvgIpc) is 3.08. The van der Waals surface area contributed by atoms with Gasteiger partial charge in [0.05, 0.1) is 0 Å². The molecule has 1 amide bonds. The molecule has 0 bridgehead atoms. The lowest BCUT2D eigenvalue weighted by Crippen LogP contribution is -2.48. The highest BCUT2D eigenvalue weighted by Crippen LogP contribution is 2.20. The van der Waals surface area contributed by atoms with Crippen LogP contribution in [0.5, 0.6) is 0 Å². The molecule has 1 aliphatic rings. The number of hydrogen-bond donors (Lipinski definition) is 0. The summed E-state index contributed by atoms with van der Waals surface area (Å²) in [6.07, 6.45) is 1.67. The van der Waals surface area contributed by atoms with Gasteiger partial charge in [-0.2, -0.15) is 5.10 Å². The first-order valence-electron chi connectivity index (χ1n) is 8.68. The number of rotatable bonds is 3. The van der Waals surface area contributed by atoms with Gasteiger partial charge in [0.2, 0.25) is 0 Å². The molecule has 2 heterocycles. The molecule has 128 valence electrons. The highest BCUT2D eigenvalue weighted by atomic mass is 16.2. The fraction of sp³-hybridized carbons (Fsp3) is 0.300. The lowest BCUT2D eigenvalue weighted by Gasteiger charge is -2.34. The van der Waals surface area contributed by atoms with Gasteiger partial charge in [-0.15, -0.1) is 0 Å². The summed E-state index contributed by atoms with van der Waals surface area (Å²) in [4.78, 5) is 16.9. The van der Waals surface area contributed by atoms with E-state index in [9.17, 15) is 4.79 Å². The van der Waals surface area contributed by atoms with Gasteiger partial charge in [-0.05, 0) is 22.4 Å². The van der Waals surface area contributed by atoms with Gasteiger partial charge in [-0.1, -0.05) is 42.5 Å². The lowest BCUT2D eigenvalue weighted by molar-refractivity contribution is 0.0618. The van der Waals surface area contributed by atoms with Crippen molar-refractivity contribution in [2.45, 2.75) is 6.54 Å². The van der Waals surface area contributed by atoms with E-state index in [1.807, 2.05) is 11.9 Å². The third kappa shape index (κ3) is 3.15. The van der Waals surface area contributed by atoms with Gasteiger partial charge >= 0.3 is 0 Å². The first kappa shape index (κ1) is 15.8. The minimum Gasteiger partial charge on any atom is -0.335 e. The fourth-order valence-corrected chi connectivity index (χ4v) is 3.53. The molecule has 0 atom stereocenters. The normalized spacial score (nSPS) is 15.6. The van der Waals surface area contributed by atoms with E-state index < -0.39 is 0 Å². The Morgan fingerprint density at radius 2 is 1.76 bits per heavy atom. The molecule has 25 heavy (non-hydrogen) atoms. The average molecular weight is 334 g/mol. The number of hydrogen-bond acceptors (Lipinski definition) is 3. The zero-order valence-corrected chi connectivity index (χ0v) is 14.4. The Hall–Kier alpha value is -2.66. The highest BCUT2D eigenvalue weighted by molar-refractivity contribution is 5.92. The van der Waals surface area contributed by atoms with Crippen molar-refractivity contribution in [1.82, 2.24) is 19.6 Å². The van der Waals surface area contributed by atoms with Crippen LogP contribution < -0.4 is 0 Å². The quantitative estimate of drug-likeness (QED) is 0.739. The van der Waals surface area contributed by atoms with E-state index in [1.165, 1.54) is 16.3 Å². The van der Waals surface area contributed by atoms with Crippen LogP contribution in [0, 0.1) is 0 Å². The molecule has 2 aromatic carbocycles. The van der Waals surface area contributed by atoms with Crippen LogP contribution in [0.15, 0.2) is 54.7 Å². The van der Waals surface area contributed by atoms with E-state index in [1.54, 1.807) is 16.9 Å². The second-order valence-corrected chi connectivity index (χ2v) is 6.55. The van der Waals surface area contributed by atoms with Crippen molar-refractivity contribution in [3.05, 3.63) is 66.0 Å². The van der Waals surface area contributed by atoms with Gasteiger partial charge in [0, 0.05) is 46.0 Å². The van der Waals surface area contributed by atoms with Crippen molar-refractivity contribution in [3.63, 3.8) is 0 Å². The van der Waals surface area contributed by atoms with Gasteiger partial charge in [-0.25, -0.2) is 0 Å². The van der Waals surface area contributed by atoms with Gasteiger partial charge in [-0.3, -0.25) is 14.4 Å². The van der Waals surface area contributed by atoms with E-state index in [0.29, 0.717) is 5.69 Å². The van der Waals surface area contributed by atoms with Crippen molar-refractivity contribution >= 4 is 16.7 Å². The smallest absolute Gasteiger partial charge is 0.272 e. The molecule has 3 aromatic rings. The predicted molar refractivity (Wildman–Crippen MR) is 98.3 cm³/mol. The molecule has 1 fully saturated rings. The SMILES string of the molecule is Cn1nccc1C(=O)N1CCN(Cc2cccc3ccccc23)CC1. The highest BCUT2D eigenvalue weighted by Gasteiger charge is 2.24. The molecule has 1 saturated heterocycles. The number of piperazine rings is 1. The number of carbonyl (C=O) groups is 1. The molecule has 0 N–H and O–H groups in total. The molecule has 1 aliphatic heterocycles. The zero-order chi connectivity index (χ0) is 17.2. The molecular weight excluding hydrogens is 312 g/mol. The number of fused-ring (bicyclic) bond motifs is 1. The summed E-state index contributed by atoms with van der Waals surface area (Å²) in [6.45, 7) is 4.23. The first-order valence-corrected chi connectivity index (χ1v) is 8.68. The summed E-state index contributed by atoms with van der Waals surface area (Å²) in [5.41, 5.74) is 2.01. The topological polar surface area (TPSA) is 41.4 Å². The standard InChI is InChI=1S/C20H22N4O/c1-22-19(9-10-21-22)20(25)24-13-11-23(12-14-24)15-17-7-4-6-16-5-2-3-8-18(16)17/h2-10H,11-15H2,1H3. The van der Waals surface area contributed by atoms with Gasteiger partial charge in [0.15, 0.2) is 0 Å². The van der Waals surface area contributed by atoms with Crippen molar-refractivity contribution in [2.24, 2.45) is 7.05 Å². The number of nitrogens with zero attached hydrogens (tertiary/aromatic N) is 4. The molecule has 5 heteroatoms. The molecule has 0 radical (unpaired) electrons. The molecule has 1 aromatic heterocycles. The lowest BCUT2D eigenvalue weighted by atomic mass is 10.0. The zero-order valence-electron chi connectivity index (χ0n) is 14.4. The van der Waals surface area contributed by atoms with Crippen LogP contribution in [0.25, 0.3) is 10.8 Å². The van der Waals surface area contributed by atoms with Crippen LogP contribution in [0.1, 0.15) is 16.1 Å². The van der Waals surface area contributed by atoms with Gasteiger partial charge in [0.1, 0.15) is 5.69 Å². The first-order chi connectivity index (χ1) is 12.2. The van der Waals surface area contributed by atoms with E-state index in [2.05, 4.69) is 52.5 Å². The van der Waals surface area contributed by atoms with Gasteiger partial charge < -0.3 is 4.90 Å². The largest absolute Gasteiger partial charge is 0.335 e. The minimum atomic E-state index is 0.0739. The van der Waals surface area contributed by atoms with E-state index in [0.717, 1.165) is 32.7 Å². The maximum absolute atomic E-state index is 12.6. The number of aromatic nitrogens is 2. The summed E-state index contributed by atoms with van der Waals surface area (Å²) in [5, 5.41) is 6.69. The Bertz CT molecular complexity index is 888. The Kier molecular flexibility index (Phi) is 4.24. The summed E-state index contributed by atoms with van der Waals surface area (Å²) in [6, 6.07) is 16.8. The maximum Gasteiger partial charge on any atom is 0.272 e. The Morgan fingerprint density at radius 3 is 2.52 bits per heavy atom. The second-order valence-electron chi connectivity index (χ2n) is 6.55. The van der Waals surface area contributed by atoms with Crippen molar-refractivity contribution in [1.29, 1.82) is 0 Å². The summed E-state index contributed by atoms with van der Waals surface area (Å²) in [7, 11) is 1.81. The minimum absolute atomic E-state index is 0.0739. The van der Waals surface area contributed by atoms with Crippen LogP contribution in [0.4, 0.5) is 0 Å². The Balaban J connectivity index is 1.42. The predicted octanol–water partition coefficient (Wildman–Crippen LogP) is 2.53. The summed E-state index contributed by atoms with van der Waals surface area (Å²) in [5.74, 6) is 0.0739. The second kappa shape index (κ2) is 6.69. The molecule has 0 spiro atoms. The van der Waals surface area contributed by atoms with Crippen LogP contribution in [0.3, 0.4) is 0 Å². The third-order valence-corrected chi connectivity index (χ3v) is 4.97. The van der Waals surface area contributed by atoms with Crippen LogP contribution in [-0.4, -0.2) is 51.7 Å². The number of benzene rings is 2.